The molecule has 0 saturated heterocycles. The van der Waals surface area contributed by atoms with Gasteiger partial charge in [-0.05, 0) is 11.3 Å². The molecule has 17 heavy (non-hydrogen) atoms. The van der Waals surface area contributed by atoms with Crippen LogP contribution in [-0.4, -0.2) is 36.4 Å². The fraction of sp³-hybridized carbons (Fsp3) is 0.571. The minimum absolute atomic E-state index is 0.196. The highest BCUT2D eigenvalue weighted by Crippen LogP contribution is 2.22. The van der Waals surface area contributed by atoms with Gasteiger partial charge in [-0.3, -0.25) is 0 Å². The molecule has 1 aromatic rings. The average molecular weight is 258 g/mol. The number of nitrogens with zero attached hydrogens (tertiary/aromatic N) is 5. The van der Waals surface area contributed by atoms with Crippen LogP contribution in [0.15, 0.2) is 10.3 Å². The quantitative estimate of drug-likeness (QED) is 0.454. The van der Waals surface area contributed by atoms with Crippen molar-refractivity contribution in [3.63, 3.8) is 0 Å². The van der Waals surface area contributed by atoms with Gasteiger partial charge >= 0.3 is 5.84 Å². The van der Waals surface area contributed by atoms with Gasteiger partial charge in [-0.15, -0.1) is 10.5 Å². The van der Waals surface area contributed by atoms with Gasteiger partial charge in [0.1, 0.15) is 0 Å². The molecule has 1 unspecified atom stereocenters. The zero-order chi connectivity index (χ0) is 12.4. The van der Waals surface area contributed by atoms with Crippen molar-refractivity contribution in [3.8, 4) is 0 Å². The normalized spacial score (nSPS) is 18.2. The molecule has 2 rings (SSSR count). The summed E-state index contributed by atoms with van der Waals surface area (Å²) in [6.45, 7) is 2.02. The molecule has 0 spiro atoms. The first-order valence-electron chi connectivity index (χ1n) is 4.89. The van der Waals surface area contributed by atoms with Crippen molar-refractivity contribution in [2.45, 2.75) is 24.7 Å². The maximum absolute atomic E-state index is 10.6. The van der Waals surface area contributed by atoms with Gasteiger partial charge in [0.05, 0.1) is 5.10 Å². The van der Waals surface area contributed by atoms with Crippen molar-refractivity contribution < 1.29 is 10.0 Å². The van der Waals surface area contributed by atoms with Crippen LogP contribution >= 0.6 is 11.8 Å². The van der Waals surface area contributed by atoms with Gasteiger partial charge in [0.2, 0.25) is 5.16 Å². The molecule has 0 amide bonds. The predicted molar refractivity (Wildman–Crippen MR) is 60.3 cm³/mol. The van der Waals surface area contributed by atoms with E-state index in [-0.39, 0.29) is 5.95 Å². The van der Waals surface area contributed by atoms with Crippen molar-refractivity contribution in [3.05, 3.63) is 10.1 Å². The zero-order valence-corrected chi connectivity index (χ0v) is 9.72. The molecule has 1 aliphatic rings. The Bertz CT molecular complexity index is 472. The Morgan fingerprint density at radius 3 is 3.12 bits per heavy atom. The summed E-state index contributed by atoms with van der Waals surface area (Å²) in [4.78, 5) is 13.8. The molecule has 1 aliphatic heterocycles. The minimum atomic E-state index is -1.51. The van der Waals surface area contributed by atoms with Crippen molar-refractivity contribution in [2.24, 2.45) is 5.10 Å². The molecule has 0 radical (unpaired) electrons. The summed E-state index contributed by atoms with van der Waals surface area (Å²) < 4.78 is 1.04. The number of rotatable bonds is 3. The maximum Gasteiger partial charge on any atom is 0.415 e. The summed E-state index contributed by atoms with van der Waals surface area (Å²) >= 11 is 1.41. The first kappa shape index (κ1) is 11.8. The molecular formula is C7H10N6O3S. The lowest BCUT2D eigenvalue weighted by molar-refractivity contribution is -0.362. The second-order valence-corrected chi connectivity index (χ2v) is 4.29. The van der Waals surface area contributed by atoms with Crippen LogP contribution in [0.25, 0.3) is 0 Å². The Morgan fingerprint density at radius 2 is 2.47 bits per heavy atom. The van der Waals surface area contributed by atoms with E-state index in [1.807, 2.05) is 6.92 Å². The fourth-order valence-electron chi connectivity index (χ4n) is 1.21. The lowest BCUT2D eigenvalue weighted by Crippen LogP contribution is -2.32. The van der Waals surface area contributed by atoms with Gasteiger partial charge in [-0.2, -0.15) is 9.67 Å². The van der Waals surface area contributed by atoms with E-state index in [9.17, 15) is 15.2 Å². The average Bonchev–Trinajstić information content (AvgIpc) is 2.70. The van der Waals surface area contributed by atoms with E-state index in [0.29, 0.717) is 5.16 Å². The van der Waals surface area contributed by atoms with E-state index in [1.165, 1.54) is 11.8 Å². The molecule has 92 valence electrons. The Kier molecular flexibility index (Phi) is 3.24. The second-order valence-electron chi connectivity index (χ2n) is 3.22. The third-order valence-electron chi connectivity index (χ3n) is 1.97. The number of thioether (sulfide) groups is 1. The monoisotopic (exact) mass is 258 g/mol. The Hall–Kier alpha value is -1.68. The molecule has 0 fully saturated rings. The van der Waals surface area contributed by atoms with E-state index in [4.69, 9.17) is 0 Å². The van der Waals surface area contributed by atoms with Gasteiger partial charge in [-0.25, -0.2) is 0 Å². The third-order valence-corrected chi connectivity index (χ3v) is 3.01. The van der Waals surface area contributed by atoms with Crippen LogP contribution in [0.4, 0.5) is 5.95 Å². The molecule has 0 bridgehead atoms. The van der Waals surface area contributed by atoms with E-state index < -0.39 is 17.0 Å². The molecule has 1 atom stereocenters. The SMILES string of the molecule is CCCSc1nc2n(n1)C(O)C([N+](=O)[O-])=NN2. The largest absolute Gasteiger partial charge is 0.415 e. The number of anilines is 1. The number of hydrazone groups is 1. The van der Waals surface area contributed by atoms with Gasteiger partial charge in [0.25, 0.3) is 12.2 Å². The topological polar surface area (TPSA) is 118 Å². The van der Waals surface area contributed by atoms with Crippen LogP contribution in [0.3, 0.4) is 0 Å². The van der Waals surface area contributed by atoms with Crippen LogP contribution in [-0.2, 0) is 0 Å². The minimum Gasteiger partial charge on any atom is -0.362 e. The summed E-state index contributed by atoms with van der Waals surface area (Å²) in [6.07, 6.45) is -0.550. The van der Waals surface area contributed by atoms with E-state index in [1.54, 1.807) is 0 Å². The maximum atomic E-state index is 10.6. The number of aromatic nitrogens is 3. The van der Waals surface area contributed by atoms with Crippen LogP contribution in [0.5, 0.6) is 0 Å². The summed E-state index contributed by atoms with van der Waals surface area (Å²) in [5.41, 5.74) is 2.38. The standard InChI is InChI=1S/C7H10N6O3S/c1-2-3-17-7-8-6-10-9-4(13(15)16)5(14)12(6)11-7/h5,14H,2-3H2,1H3,(H,8,10,11). The zero-order valence-electron chi connectivity index (χ0n) is 8.90. The van der Waals surface area contributed by atoms with Gasteiger partial charge in [0.15, 0.2) is 0 Å². The molecule has 0 saturated carbocycles. The predicted octanol–water partition coefficient (Wildman–Crippen LogP) is 0.287. The smallest absolute Gasteiger partial charge is 0.362 e. The van der Waals surface area contributed by atoms with Gasteiger partial charge in [0, 0.05) is 5.75 Å². The highest BCUT2D eigenvalue weighted by molar-refractivity contribution is 7.99. The highest BCUT2D eigenvalue weighted by Gasteiger charge is 2.34. The van der Waals surface area contributed by atoms with Crippen LogP contribution in [0.1, 0.15) is 19.6 Å². The van der Waals surface area contributed by atoms with E-state index in [2.05, 4.69) is 20.6 Å². The van der Waals surface area contributed by atoms with Crippen LogP contribution in [0.2, 0.25) is 0 Å². The number of hydrogen-bond acceptors (Lipinski definition) is 8. The van der Waals surface area contributed by atoms with Crippen molar-refractivity contribution >= 4 is 23.5 Å². The second kappa shape index (κ2) is 4.67. The molecular weight excluding hydrogens is 248 g/mol. The number of nitro groups is 1. The van der Waals surface area contributed by atoms with E-state index in [0.717, 1.165) is 16.9 Å². The molecule has 0 aliphatic carbocycles. The van der Waals surface area contributed by atoms with Crippen molar-refractivity contribution in [2.75, 3.05) is 11.2 Å². The van der Waals surface area contributed by atoms with Crippen molar-refractivity contribution in [1.29, 1.82) is 0 Å². The number of amidine groups is 1. The Labute approximate surface area is 100 Å². The number of nitrogens with one attached hydrogen (secondary N) is 1. The van der Waals surface area contributed by atoms with Gasteiger partial charge in [-0.1, -0.05) is 18.7 Å². The first-order valence-corrected chi connectivity index (χ1v) is 5.87. The molecule has 2 N–H and O–H groups in total. The number of fused-ring (bicyclic) bond motifs is 1. The highest BCUT2D eigenvalue weighted by atomic mass is 32.2. The molecule has 0 aromatic carbocycles. The lowest BCUT2D eigenvalue weighted by atomic mass is 10.5. The molecule has 9 nitrogen and oxygen atoms in total. The van der Waals surface area contributed by atoms with Crippen LogP contribution < -0.4 is 5.43 Å². The molecule has 1 aromatic heterocycles. The number of aliphatic hydroxyl groups excluding tert-OH is 1. The number of hydrogen-bond donors (Lipinski definition) is 2. The lowest BCUT2D eigenvalue weighted by Gasteiger charge is -2.12. The van der Waals surface area contributed by atoms with Gasteiger partial charge < -0.3 is 15.2 Å². The summed E-state index contributed by atoms with van der Waals surface area (Å²) in [5, 5.41) is 28.1. The van der Waals surface area contributed by atoms with Crippen molar-refractivity contribution in [1.82, 2.24) is 14.8 Å². The fourth-order valence-corrected chi connectivity index (χ4v) is 1.90. The Balaban J connectivity index is 2.22. The number of aliphatic hydroxyl groups is 1. The summed E-state index contributed by atoms with van der Waals surface area (Å²) in [5.74, 6) is 0.429. The summed E-state index contributed by atoms with van der Waals surface area (Å²) in [7, 11) is 0. The Morgan fingerprint density at radius 1 is 1.71 bits per heavy atom. The first-order chi connectivity index (χ1) is 8.13. The molecule has 2 heterocycles. The van der Waals surface area contributed by atoms with E-state index >= 15 is 0 Å². The third kappa shape index (κ3) is 2.22. The summed E-state index contributed by atoms with van der Waals surface area (Å²) in [6, 6.07) is 0. The molecule has 10 heteroatoms. The van der Waals surface area contributed by atoms with Crippen LogP contribution in [0, 0.1) is 10.1 Å².